The van der Waals surface area contributed by atoms with Crippen molar-refractivity contribution in [2.45, 2.75) is 20.4 Å². The van der Waals surface area contributed by atoms with Crippen molar-refractivity contribution in [3.05, 3.63) is 47.1 Å². The lowest BCUT2D eigenvalue weighted by atomic mass is 10.1. The highest BCUT2D eigenvalue weighted by molar-refractivity contribution is 7.13. The van der Waals surface area contributed by atoms with E-state index in [9.17, 15) is 0 Å². The zero-order chi connectivity index (χ0) is 13.9. The number of hydrogen-bond acceptors (Lipinski definition) is 4. The number of fused-ring (bicyclic) bond motifs is 1. The Morgan fingerprint density at radius 1 is 1.20 bits per heavy atom. The minimum absolute atomic E-state index is 0.828. The van der Waals surface area contributed by atoms with E-state index in [0.717, 1.165) is 35.0 Å². The Bertz CT molecular complexity index is 733. The maximum absolute atomic E-state index is 4.74. The molecule has 2 aromatic heterocycles. The molecule has 20 heavy (non-hydrogen) atoms. The van der Waals surface area contributed by atoms with Gasteiger partial charge < -0.3 is 5.32 Å². The summed E-state index contributed by atoms with van der Waals surface area (Å²) in [7, 11) is 0. The molecule has 1 aromatic carbocycles. The number of rotatable bonds is 4. The van der Waals surface area contributed by atoms with Crippen molar-refractivity contribution in [1.29, 1.82) is 0 Å². The van der Waals surface area contributed by atoms with Crippen LogP contribution in [0.5, 0.6) is 0 Å². The third-order valence-electron chi connectivity index (χ3n) is 3.18. The molecule has 102 valence electrons. The van der Waals surface area contributed by atoms with Crippen LogP contribution in [0.4, 0.5) is 0 Å². The van der Waals surface area contributed by atoms with Crippen molar-refractivity contribution in [2.24, 2.45) is 0 Å². The topological polar surface area (TPSA) is 37.8 Å². The summed E-state index contributed by atoms with van der Waals surface area (Å²) in [6, 6.07) is 10.4. The Balaban J connectivity index is 2.07. The lowest BCUT2D eigenvalue weighted by Gasteiger charge is -2.05. The standard InChI is InChI=1S/C16H17N3S/c1-3-17-9-12-10-20-16(19-12)14-8-11(2)18-15-7-5-4-6-13(14)15/h4-8,10,17H,3,9H2,1-2H3. The summed E-state index contributed by atoms with van der Waals surface area (Å²) in [5, 5.41) is 7.68. The molecule has 0 aliphatic carbocycles. The van der Waals surface area contributed by atoms with Gasteiger partial charge in [0.1, 0.15) is 5.01 Å². The SMILES string of the molecule is CCNCc1csc(-c2cc(C)nc3ccccc23)n1. The first-order valence-corrected chi connectivity index (χ1v) is 7.68. The highest BCUT2D eigenvalue weighted by atomic mass is 32.1. The third kappa shape index (κ3) is 2.57. The van der Waals surface area contributed by atoms with Crippen molar-refractivity contribution in [3.8, 4) is 10.6 Å². The molecule has 4 heteroatoms. The van der Waals surface area contributed by atoms with E-state index < -0.39 is 0 Å². The molecule has 0 aliphatic rings. The number of aromatic nitrogens is 2. The van der Waals surface area contributed by atoms with Crippen LogP contribution >= 0.6 is 11.3 Å². The molecule has 0 fully saturated rings. The first-order chi connectivity index (χ1) is 9.78. The maximum Gasteiger partial charge on any atom is 0.124 e. The van der Waals surface area contributed by atoms with Crippen LogP contribution in [0.1, 0.15) is 18.3 Å². The smallest absolute Gasteiger partial charge is 0.124 e. The molecule has 0 radical (unpaired) electrons. The van der Waals surface area contributed by atoms with Crippen LogP contribution < -0.4 is 5.32 Å². The Morgan fingerprint density at radius 3 is 2.90 bits per heavy atom. The van der Waals surface area contributed by atoms with Crippen molar-refractivity contribution in [3.63, 3.8) is 0 Å². The Kier molecular flexibility index (Phi) is 3.76. The monoisotopic (exact) mass is 283 g/mol. The molecule has 0 aliphatic heterocycles. The van der Waals surface area contributed by atoms with Gasteiger partial charge in [-0.2, -0.15) is 0 Å². The summed E-state index contributed by atoms with van der Waals surface area (Å²) in [4.78, 5) is 9.32. The van der Waals surface area contributed by atoms with Gasteiger partial charge in [-0.25, -0.2) is 4.98 Å². The average Bonchev–Trinajstić information content (AvgIpc) is 2.93. The largest absolute Gasteiger partial charge is 0.311 e. The van der Waals surface area contributed by atoms with Crippen LogP contribution in [0.15, 0.2) is 35.7 Å². The van der Waals surface area contributed by atoms with Gasteiger partial charge in [-0.05, 0) is 25.6 Å². The predicted molar refractivity (Wildman–Crippen MR) is 85.0 cm³/mol. The number of aryl methyl sites for hydroxylation is 1. The van der Waals surface area contributed by atoms with Crippen LogP contribution in [0.25, 0.3) is 21.5 Å². The fourth-order valence-electron chi connectivity index (χ4n) is 2.25. The zero-order valence-corrected chi connectivity index (χ0v) is 12.5. The number of nitrogens with one attached hydrogen (secondary N) is 1. The number of benzene rings is 1. The normalized spacial score (nSPS) is 11.1. The summed E-state index contributed by atoms with van der Waals surface area (Å²) in [6.07, 6.45) is 0. The first-order valence-electron chi connectivity index (χ1n) is 6.80. The van der Waals surface area contributed by atoms with Crippen LogP contribution in [0.3, 0.4) is 0 Å². The van der Waals surface area contributed by atoms with Crippen molar-refractivity contribution in [2.75, 3.05) is 6.54 Å². The highest BCUT2D eigenvalue weighted by Gasteiger charge is 2.10. The molecule has 0 unspecified atom stereocenters. The van der Waals surface area contributed by atoms with Gasteiger partial charge in [-0.15, -0.1) is 11.3 Å². The predicted octanol–water partition coefficient (Wildman–Crippen LogP) is 3.78. The minimum atomic E-state index is 0.828. The molecule has 3 aromatic rings. The van der Waals surface area contributed by atoms with E-state index >= 15 is 0 Å². The summed E-state index contributed by atoms with van der Waals surface area (Å²) in [5.41, 5.74) is 4.35. The number of para-hydroxylation sites is 1. The summed E-state index contributed by atoms with van der Waals surface area (Å²) >= 11 is 1.70. The molecule has 0 bridgehead atoms. The second kappa shape index (κ2) is 5.69. The summed E-state index contributed by atoms with van der Waals surface area (Å²) in [5.74, 6) is 0. The molecule has 3 nitrogen and oxygen atoms in total. The van der Waals surface area contributed by atoms with Gasteiger partial charge in [0, 0.05) is 28.6 Å². The first kappa shape index (κ1) is 13.2. The van der Waals surface area contributed by atoms with Gasteiger partial charge in [-0.1, -0.05) is 25.1 Å². The van der Waals surface area contributed by atoms with E-state index in [1.54, 1.807) is 11.3 Å². The van der Waals surface area contributed by atoms with E-state index in [0.29, 0.717) is 0 Å². The quantitative estimate of drug-likeness (QED) is 0.792. The van der Waals surface area contributed by atoms with Gasteiger partial charge in [0.25, 0.3) is 0 Å². The Hall–Kier alpha value is -1.78. The van der Waals surface area contributed by atoms with Gasteiger partial charge >= 0.3 is 0 Å². The van der Waals surface area contributed by atoms with E-state index in [1.807, 2.05) is 13.0 Å². The van der Waals surface area contributed by atoms with Crippen LogP contribution in [0, 0.1) is 6.92 Å². The molecule has 0 saturated carbocycles. The molecule has 1 N–H and O–H groups in total. The number of thiazole rings is 1. The summed E-state index contributed by atoms with van der Waals surface area (Å²) in [6.45, 7) is 5.93. The fraction of sp³-hybridized carbons (Fsp3) is 0.250. The van der Waals surface area contributed by atoms with Crippen LogP contribution in [0.2, 0.25) is 0 Å². The second-order valence-corrected chi connectivity index (χ2v) is 5.61. The van der Waals surface area contributed by atoms with Crippen LogP contribution in [-0.2, 0) is 6.54 Å². The molecular formula is C16H17N3S. The third-order valence-corrected chi connectivity index (χ3v) is 4.11. The van der Waals surface area contributed by atoms with E-state index in [1.165, 1.54) is 10.9 Å². The number of nitrogens with zero attached hydrogens (tertiary/aromatic N) is 2. The average molecular weight is 283 g/mol. The van der Waals surface area contributed by atoms with Crippen molar-refractivity contribution >= 4 is 22.2 Å². The molecule has 3 rings (SSSR count). The Labute approximate surface area is 122 Å². The van der Waals surface area contributed by atoms with E-state index in [-0.39, 0.29) is 0 Å². The van der Waals surface area contributed by atoms with Gasteiger partial charge in [0.2, 0.25) is 0 Å². The maximum atomic E-state index is 4.74. The molecule has 2 heterocycles. The fourth-order valence-corrected chi connectivity index (χ4v) is 3.10. The van der Waals surface area contributed by atoms with E-state index in [4.69, 9.17) is 4.98 Å². The highest BCUT2D eigenvalue weighted by Crippen LogP contribution is 2.30. The molecule has 0 atom stereocenters. The lowest BCUT2D eigenvalue weighted by molar-refractivity contribution is 0.715. The lowest BCUT2D eigenvalue weighted by Crippen LogP contribution is -2.11. The Morgan fingerprint density at radius 2 is 2.05 bits per heavy atom. The van der Waals surface area contributed by atoms with Crippen LogP contribution in [-0.4, -0.2) is 16.5 Å². The molecular weight excluding hydrogens is 266 g/mol. The molecule has 0 spiro atoms. The van der Waals surface area contributed by atoms with Gasteiger partial charge in [-0.3, -0.25) is 4.98 Å². The number of hydrogen-bond donors (Lipinski definition) is 1. The minimum Gasteiger partial charge on any atom is -0.311 e. The molecule has 0 amide bonds. The molecule has 0 saturated heterocycles. The van der Waals surface area contributed by atoms with E-state index in [2.05, 4.69) is 46.9 Å². The zero-order valence-electron chi connectivity index (χ0n) is 11.7. The van der Waals surface area contributed by atoms with Gasteiger partial charge in [0.05, 0.1) is 11.2 Å². The summed E-state index contributed by atoms with van der Waals surface area (Å²) < 4.78 is 0. The van der Waals surface area contributed by atoms with Crippen molar-refractivity contribution < 1.29 is 0 Å². The van der Waals surface area contributed by atoms with Gasteiger partial charge in [0.15, 0.2) is 0 Å². The second-order valence-electron chi connectivity index (χ2n) is 4.75. The van der Waals surface area contributed by atoms with Crippen molar-refractivity contribution in [1.82, 2.24) is 15.3 Å². The number of pyridine rings is 1.